The quantitative estimate of drug-likeness (QED) is 0.614. The Labute approximate surface area is 127 Å². The minimum absolute atomic E-state index is 0.653. The highest BCUT2D eigenvalue weighted by molar-refractivity contribution is 5.93. The van der Waals surface area contributed by atoms with Crippen LogP contribution in [0.1, 0.15) is 30.9 Å². The largest absolute Gasteiger partial charge is 0.346 e. The molecule has 4 heterocycles. The van der Waals surface area contributed by atoms with Crippen molar-refractivity contribution >= 4 is 16.8 Å². The number of fused-ring (bicyclic) bond motifs is 2. The van der Waals surface area contributed by atoms with Crippen molar-refractivity contribution in [2.24, 2.45) is 0 Å². The third-order valence-corrected chi connectivity index (χ3v) is 4.64. The number of imidazole rings is 1. The van der Waals surface area contributed by atoms with Crippen molar-refractivity contribution < 1.29 is 0 Å². The molecule has 0 aliphatic heterocycles. The van der Waals surface area contributed by atoms with Crippen LogP contribution in [-0.2, 0) is 0 Å². The predicted molar refractivity (Wildman–Crippen MR) is 84.7 cm³/mol. The lowest BCUT2D eigenvalue weighted by Crippen LogP contribution is -2.10. The average Bonchev–Trinajstić information content (AvgIpc) is 3.10. The van der Waals surface area contributed by atoms with Gasteiger partial charge in [-0.25, -0.2) is 15.0 Å². The predicted octanol–water partition coefficient (Wildman–Crippen LogP) is 3.54. The zero-order valence-electron chi connectivity index (χ0n) is 12.0. The summed E-state index contributed by atoms with van der Waals surface area (Å²) in [6.07, 6.45) is 13.5. The number of rotatable bonds is 2. The van der Waals surface area contributed by atoms with Gasteiger partial charge in [0.05, 0.1) is 0 Å². The molecule has 0 saturated heterocycles. The lowest BCUT2D eigenvalue weighted by atomic mass is 9.82. The number of pyridine rings is 1. The first-order chi connectivity index (χ1) is 10.9. The van der Waals surface area contributed by atoms with Crippen LogP contribution in [-0.4, -0.2) is 24.3 Å². The average molecular weight is 289 g/mol. The minimum atomic E-state index is 0.653. The van der Waals surface area contributed by atoms with Crippen LogP contribution in [0.3, 0.4) is 0 Å². The van der Waals surface area contributed by atoms with Gasteiger partial charge in [-0.2, -0.15) is 0 Å². The molecule has 0 radical (unpaired) electrons. The van der Waals surface area contributed by atoms with Crippen LogP contribution in [0.4, 0.5) is 0 Å². The van der Waals surface area contributed by atoms with E-state index in [1.54, 1.807) is 6.20 Å². The molecular weight excluding hydrogens is 274 g/mol. The van der Waals surface area contributed by atoms with E-state index >= 15 is 0 Å². The van der Waals surface area contributed by atoms with Gasteiger partial charge in [-0.1, -0.05) is 6.42 Å². The smallest absolute Gasteiger partial charge is 0.233 e. The van der Waals surface area contributed by atoms with Gasteiger partial charge in [-0.05, 0) is 25.0 Å². The van der Waals surface area contributed by atoms with Crippen LogP contribution in [0.2, 0.25) is 0 Å². The molecule has 22 heavy (non-hydrogen) atoms. The molecule has 1 fully saturated rings. The summed E-state index contributed by atoms with van der Waals surface area (Å²) in [7, 11) is 0. The van der Waals surface area contributed by atoms with Gasteiger partial charge in [-0.15, -0.1) is 0 Å². The van der Waals surface area contributed by atoms with Gasteiger partial charge < -0.3 is 4.98 Å². The molecule has 0 unspecified atom stereocenters. The highest BCUT2D eigenvalue weighted by Gasteiger charge is 2.21. The molecule has 1 aliphatic carbocycles. The van der Waals surface area contributed by atoms with Crippen LogP contribution >= 0.6 is 0 Å². The topological polar surface area (TPSA) is 58.9 Å². The van der Waals surface area contributed by atoms with Gasteiger partial charge in [0.1, 0.15) is 5.65 Å². The fraction of sp³-hybridized carbons (Fsp3) is 0.235. The molecule has 1 aliphatic rings. The summed E-state index contributed by atoms with van der Waals surface area (Å²) in [5, 5.41) is 1.14. The molecule has 5 rings (SSSR count). The Hall–Kier alpha value is -2.69. The fourth-order valence-electron chi connectivity index (χ4n) is 3.15. The second kappa shape index (κ2) is 4.40. The monoisotopic (exact) mass is 289 g/mol. The lowest BCUT2D eigenvalue weighted by molar-refractivity contribution is 0.412. The maximum absolute atomic E-state index is 4.80. The highest BCUT2D eigenvalue weighted by atomic mass is 15.1. The zero-order chi connectivity index (χ0) is 14.5. The Kier molecular flexibility index (Phi) is 2.38. The molecule has 4 aromatic heterocycles. The van der Waals surface area contributed by atoms with Crippen LogP contribution in [0.5, 0.6) is 0 Å². The van der Waals surface area contributed by atoms with E-state index in [1.165, 1.54) is 25.0 Å². The van der Waals surface area contributed by atoms with Crippen molar-refractivity contribution in [2.45, 2.75) is 25.2 Å². The number of aromatic amines is 1. The van der Waals surface area contributed by atoms with Gasteiger partial charge >= 0.3 is 0 Å². The van der Waals surface area contributed by atoms with Crippen LogP contribution in [0.25, 0.3) is 27.9 Å². The van der Waals surface area contributed by atoms with Crippen LogP contribution < -0.4 is 0 Å². The normalized spacial score (nSPS) is 15.5. The SMILES string of the molecule is c1cn2cc(-c3c[nH]c4nc(C5CCC5)ccc34)cnc2n1. The Morgan fingerprint density at radius 3 is 3.00 bits per heavy atom. The highest BCUT2D eigenvalue weighted by Crippen LogP contribution is 2.36. The number of aromatic nitrogens is 5. The molecule has 4 aromatic rings. The standard InChI is InChI=1S/C17H15N5/c1-2-11(3-1)15-5-4-13-14(9-19-16(13)21-15)12-8-20-17-18-6-7-22(17)10-12/h4-11H,1-3H2,(H,19,21). The van der Waals surface area contributed by atoms with Crippen molar-refractivity contribution in [3.8, 4) is 11.1 Å². The summed E-state index contributed by atoms with van der Waals surface area (Å²) < 4.78 is 1.93. The number of hydrogen-bond acceptors (Lipinski definition) is 3. The van der Waals surface area contributed by atoms with Gasteiger partial charge in [0.15, 0.2) is 0 Å². The van der Waals surface area contributed by atoms with Crippen molar-refractivity contribution in [1.82, 2.24) is 24.3 Å². The van der Waals surface area contributed by atoms with E-state index < -0.39 is 0 Å². The van der Waals surface area contributed by atoms with E-state index in [0.29, 0.717) is 11.7 Å². The van der Waals surface area contributed by atoms with E-state index in [1.807, 2.05) is 23.0 Å². The van der Waals surface area contributed by atoms with E-state index in [0.717, 1.165) is 22.2 Å². The summed E-state index contributed by atoms with van der Waals surface area (Å²) in [5.41, 5.74) is 4.38. The third kappa shape index (κ3) is 1.68. The molecular formula is C17H15N5. The molecule has 108 valence electrons. The maximum Gasteiger partial charge on any atom is 0.233 e. The molecule has 5 heteroatoms. The Bertz CT molecular complexity index is 977. The number of nitrogens with zero attached hydrogens (tertiary/aromatic N) is 4. The van der Waals surface area contributed by atoms with Gasteiger partial charge in [0.2, 0.25) is 5.78 Å². The number of H-pyrrole nitrogens is 1. The lowest BCUT2D eigenvalue weighted by Gasteiger charge is -2.24. The summed E-state index contributed by atoms with van der Waals surface area (Å²) in [5.74, 6) is 1.37. The third-order valence-electron chi connectivity index (χ3n) is 4.64. The van der Waals surface area contributed by atoms with Gasteiger partial charge in [0, 0.05) is 59.1 Å². The minimum Gasteiger partial charge on any atom is -0.346 e. The van der Waals surface area contributed by atoms with E-state index in [2.05, 4.69) is 33.3 Å². The molecule has 0 spiro atoms. The first-order valence-corrected chi connectivity index (χ1v) is 7.65. The maximum atomic E-state index is 4.80. The van der Waals surface area contributed by atoms with E-state index in [-0.39, 0.29) is 0 Å². The second-order valence-electron chi connectivity index (χ2n) is 5.94. The second-order valence-corrected chi connectivity index (χ2v) is 5.94. The Morgan fingerprint density at radius 1 is 1.18 bits per heavy atom. The first kappa shape index (κ1) is 11.9. The molecule has 0 amide bonds. The van der Waals surface area contributed by atoms with Crippen LogP contribution in [0, 0.1) is 0 Å². The number of hydrogen-bond donors (Lipinski definition) is 1. The molecule has 0 bridgehead atoms. The van der Waals surface area contributed by atoms with Crippen molar-refractivity contribution in [1.29, 1.82) is 0 Å². The fourth-order valence-corrected chi connectivity index (χ4v) is 3.15. The van der Waals surface area contributed by atoms with E-state index in [4.69, 9.17) is 4.98 Å². The summed E-state index contributed by atoms with van der Waals surface area (Å²) >= 11 is 0. The summed E-state index contributed by atoms with van der Waals surface area (Å²) in [6, 6.07) is 4.35. The molecule has 0 atom stereocenters. The first-order valence-electron chi connectivity index (χ1n) is 7.65. The molecule has 1 saturated carbocycles. The van der Waals surface area contributed by atoms with Gasteiger partial charge in [0.25, 0.3) is 0 Å². The van der Waals surface area contributed by atoms with Crippen molar-refractivity contribution in [3.63, 3.8) is 0 Å². The Balaban J connectivity index is 1.64. The molecule has 1 N–H and O–H groups in total. The van der Waals surface area contributed by atoms with E-state index in [9.17, 15) is 0 Å². The number of nitrogens with one attached hydrogen (secondary N) is 1. The summed E-state index contributed by atoms with van der Waals surface area (Å²) in [4.78, 5) is 16.7. The van der Waals surface area contributed by atoms with Crippen molar-refractivity contribution in [3.05, 3.63) is 48.8 Å². The molecule has 5 nitrogen and oxygen atoms in total. The van der Waals surface area contributed by atoms with Gasteiger partial charge in [-0.3, -0.25) is 4.40 Å². The zero-order valence-corrected chi connectivity index (χ0v) is 12.0. The Morgan fingerprint density at radius 2 is 2.14 bits per heavy atom. The van der Waals surface area contributed by atoms with Crippen LogP contribution in [0.15, 0.2) is 43.1 Å². The van der Waals surface area contributed by atoms with Crippen molar-refractivity contribution in [2.75, 3.05) is 0 Å². The summed E-state index contributed by atoms with van der Waals surface area (Å²) in [6.45, 7) is 0. The molecule has 0 aromatic carbocycles.